The third-order valence-corrected chi connectivity index (χ3v) is 7.98. The maximum absolute atomic E-state index is 6.61. The van der Waals surface area contributed by atoms with E-state index in [4.69, 9.17) is 20.0 Å². The number of rotatable bonds is 8. The molecule has 0 radical (unpaired) electrons. The Morgan fingerprint density at radius 1 is 0.725 bits per heavy atom. The Kier molecular flexibility index (Phi) is 8.06. The SMILES string of the molecule is C/C(=N\C(NC(N)c1ccccc1)c1cccc(-c2ccc(B3OC(C)(C)C(C)(C)O3)cc2)c1)c1ccccc1. The average molecular weight is 532 g/mol. The van der Waals surface area contributed by atoms with E-state index < -0.39 is 0 Å². The lowest BCUT2D eigenvalue weighted by Crippen LogP contribution is -2.41. The van der Waals surface area contributed by atoms with Crippen LogP contribution in [0.2, 0.25) is 0 Å². The average Bonchev–Trinajstić information content (AvgIpc) is 3.20. The number of nitrogens with zero attached hydrogens (tertiary/aromatic N) is 1. The first kappa shape index (κ1) is 28.0. The van der Waals surface area contributed by atoms with Crippen molar-refractivity contribution in [2.24, 2.45) is 10.7 Å². The molecule has 204 valence electrons. The van der Waals surface area contributed by atoms with Crippen LogP contribution >= 0.6 is 0 Å². The van der Waals surface area contributed by atoms with Crippen molar-refractivity contribution in [2.75, 3.05) is 0 Å². The summed E-state index contributed by atoms with van der Waals surface area (Å²) >= 11 is 0. The van der Waals surface area contributed by atoms with Crippen molar-refractivity contribution in [3.8, 4) is 11.1 Å². The largest absolute Gasteiger partial charge is 0.494 e. The van der Waals surface area contributed by atoms with Crippen molar-refractivity contribution in [1.29, 1.82) is 0 Å². The molecule has 3 N–H and O–H groups in total. The van der Waals surface area contributed by atoms with E-state index in [1.807, 2.05) is 55.5 Å². The molecule has 0 spiro atoms. The normalized spacial score (nSPS) is 17.9. The monoisotopic (exact) mass is 531 g/mol. The van der Waals surface area contributed by atoms with Crippen LogP contribution in [0.15, 0.2) is 114 Å². The molecule has 1 aliphatic rings. The Hall–Kier alpha value is -3.55. The third kappa shape index (κ3) is 6.11. The van der Waals surface area contributed by atoms with Crippen molar-refractivity contribution in [1.82, 2.24) is 5.32 Å². The summed E-state index contributed by atoms with van der Waals surface area (Å²) in [5.74, 6) is 0. The highest BCUT2D eigenvalue weighted by Crippen LogP contribution is 2.36. The van der Waals surface area contributed by atoms with Crippen molar-refractivity contribution in [3.05, 3.63) is 126 Å². The van der Waals surface area contributed by atoms with E-state index in [0.29, 0.717) is 0 Å². The van der Waals surface area contributed by atoms with E-state index in [2.05, 4.69) is 93.7 Å². The van der Waals surface area contributed by atoms with Crippen LogP contribution in [0.3, 0.4) is 0 Å². The first-order chi connectivity index (χ1) is 19.1. The fourth-order valence-electron chi connectivity index (χ4n) is 4.78. The smallest absolute Gasteiger partial charge is 0.399 e. The molecule has 2 atom stereocenters. The molecule has 1 heterocycles. The number of aliphatic imine (C=N–C) groups is 1. The van der Waals surface area contributed by atoms with Crippen LogP contribution in [0.5, 0.6) is 0 Å². The zero-order valence-corrected chi connectivity index (χ0v) is 24.0. The molecule has 4 aromatic rings. The number of hydrogen-bond acceptors (Lipinski definition) is 5. The third-order valence-electron chi connectivity index (χ3n) is 7.98. The summed E-state index contributed by atoms with van der Waals surface area (Å²) < 4.78 is 12.5. The van der Waals surface area contributed by atoms with E-state index >= 15 is 0 Å². The Balaban J connectivity index is 1.43. The van der Waals surface area contributed by atoms with Gasteiger partial charge in [-0.2, -0.15) is 0 Å². The van der Waals surface area contributed by atoms with E-state index in [0.717, 1.165) is 39.0 Å². The Bertz CT molecular complexity index is 1440. The highest BCUT2D eigenvalue weighted by Gasteiger charge is 2.51. The van der Waals surface area contributed by atoms with Gasteiger partial charge in [0.25, 0.3) is 0 Å². The van der Waals surface area contributed by atoms with Gasteiger partial charge < -0.3 is 15.0 Å². The molecule has 1 saturated heterocycles. The summed E-state index contributed by atoms with van der Waals surface area (Å²) in [6, 6.07) is 37.1. The number of nitrogens with one attached hydrogen (secondary N) is 1. The first-order valence-corrected chi connectivity index (χ1v) is 13.9. The molecule has 4 aromatic carbocycles. The van der Waals surface area contributed by atoms with Crippen LogP contribution in [0, 0.1) is 0 Å². The molecule has 0 aromatic heterocycles. The van der Waals surface area contributed by atoms with E-state index in [9.17, 15) is 0 Å². The molecule has 0 bridgehead atoms. The molecule has 5 rings (SSSR count). The fraction of sp³-hybridized carbons (Fsp3) is 0.265. The molecule has 40 heavy (non-hydrogen) atoms. The highest BCUT2D eigenvalue weighted by atomic mass is 16.7. The quantitative estimate of drug-likeness (QED) is 0.157. The van der Waals surface area contributed by atoms with Gasteiger partial charge in [-0.25, -0.2) is 0 Å². The van der Waals surface area contributed by atoms with Gasteiger partial charge in [0.15, 0.2) is 0 Å². The maximum Gasteiger partial charge on any atom is 0.494 e. The lowest BCUT2D eigenvalue weighted by molar-refractivity contribution is 0.00578. The molecule has 2 unspecified atom stereocenters. The van der Waals surface area contributed by atoms with Crippen molar-refractivity contribution in [3.63, 3.8) is 0 Å². The molecule has 1 fully saturated rings. The van der Waals surface area contributed by atoms with Gasteiger partial charge in [0.2, 0.25) is 0 Å². The molecule has 5 nitrogen and oxygen atoms in total. The minimum absolute atomic E-state index is 0.334. The molecule has 0 aliphatic carbocycles. The maximum atomic E-state index is 6.61. The standard InChI is InChI=1S/C34H38BN3O2/c1-24(25-13-8-6-9-14-25)37-32(38-31(36)27-15-10-7-11-16-27)29-18-12-17-28(23-29)26-19-21-30(22-20-26)35-39-33(2,3)34(4,5)40-35/h6-23,31-32,38H,36H2,1-5H3/b37-24+. The summed E-state index contributed by atoms with van der Waals surface area (Å²) in [6.45, 7) is 10.3. The lowest BCUT2D eigenvalue weighted by Gasteiger charge is -2.32. The van der Waals surface area contributed by atoms with E-state index in [-0.39, 0.29) is 30.7 Å². The predicted octanol–water partition coefficient (Wildman–Crippen LogP) is 6.41. The second-order valence-corrected chi connectivity index (χ2v) is 11.4. The topological polar surface area (TPSA) is 68.9 Å². The molecule has 6 heteroatoms. The summed E-state index contributed by atoms with van der Waals surface area (Å²) in [4.78, 5) is 5.10. The van der Waals surface area contributed by atoms with Gasteiger partial charge in [0.1, 0.15) is 6.17 Å². The summed E-state index contributed by atoms with van der Waals surface area (Å²) in [5.41, 5.74) is 13.2. The molecule has 0 saturated carbocycles. The summed E-state index contributed by atoms with van der Waals surface area (Å²) in [6.07, 6.45) is -0.708. The zero-order chi connectivity index (χ0) is 28.3. The van der Waals surface area contributed by atoms with Gasteiger partial charge in [-0.1, -0.05) is 103 Å². The molecule has 0 amide bonds. The minimum atomic E-state index is -0.381. The number of nitrogens with two attached hydrogens (primary N) is 1. The van der Waals surface area contributed by atoms with Gasteiger partial charge in [0, 0.05) is 5.71 Å². The van der Waals surface area contributed by atoms with Gasteiger partial charge in [0.05, 0.1) is 17.4 Å². The Morgan fingerprint density at radius 2 is 1.30 bits per heavy atom. The molecule has 1 aliphatic heterocycles. The number of hydrogen-bond donors (Lipinski definition) is 2. The van der Waals surface area contributed by atoms with Crippen LogP contribution in [-0.4, -0.2) is 24.0 Å². The predicted molar refractivity (Wildman–Crippen MR) is 165 cm³/mol. The lowest BCUT2D eigenvalue weighted by atomic mass is 9.78. The van der Waals surface area contributed by atoms with Crippen LogP contribution in [-0.2, 0) is 9.31 Å². The van der Waals surface area contributed by atoms with Gasteiger partial charge in [-0.15, -0.1) is 0 Å². The fourth-order valence-corrected chi connectivity index (χ4v) is 4.78. The van der Waals surface area contributed by atoms with Crippen LogP contribution in [0.1, 0.15) is 63.6 Å². The highest BCUT2D eigenvalue weighted by molar-refractivity contribution is 6.62. The summed E-state index contributed by atoms with van der Waals surface area (Å²) in [7, 11) is -0.381. The minimum Gasteiger partial charge on any atom is -0.399 e. The van der Waals surface area contributed by atoms with Crippen molar-refractivity contribution < 1.29 is 9.31 Å². The number of benzene rings is 4. The van der Waals surface area contributed by atoms with Crippen molar-refractivity contribution in [2.45, 2.75) is 58.2 Å². The second kappa shape index (κ2) is 11.5. The molecular weight excluding hydrogens is 493 g/mol. The summed E-state index contributed by atoms with van der Waals surface area (Å²) in [5, 5.41) is 3.55. The van der Waals surface area contributed by atoms with E-state index in [1.165, 1.54) is 0 Å². The van der Waals surface area contributed by atoms with Gasteiger partial charge in [-0.3, -0.25) is 10.3 Å². The van der Waals surface area contributed by atoms with Crippen LogP contribution < -0.4 is 16.5 Å². The molecular formula is C34H38BN3O2. The van der Waals surface area contributed by atoms with Crippen LogP contribution in [0.4, 0.5) is 0 Å². The van der Waals surface area contributed by atoms with Gasteiger partial charge in [-0.05, 0) is 74.0 Å². The first-order valence-electron chi connectivity index (χ1n) is 13.9. The Morgan fingerprint density at radius 3 is 1.93 bits per heavy atom. The van der Waals surface area contributed by atoms with Crippen molar-refractivity contribution >= 4 is 18.3 Å². The Labute approximate surface area is 238 Å². The second-order valence-electron chi connectivity index (χ2n) is 11.4. The zero-order valence-electron chi connectivity index (χ0n) is 24.0. The van der Waals surface area contributed by atoms with Crippen LogP contribution in [0.25, 0.3) is 11.1 Å². The van der Waals surface area contributed by atoms with Gasteiger partial charge >= 0.3 is 7.12 Å². The van der Waals surface area contributed by atoms with E-state index in [1.54, 1.807) is 0 Å².